The zero-order chi connectivity index (χ0) is 12.3. The van der Waals surface area contributed by atoms with E-state index in [-0.39, 0.29) is 0 Å². The first-order valence-electron chi connectivity index (χ1n) is 6.72. The van der Waals surface area contributed by atoms with E-state index < -0.39 is 5.60 Å². The normalized spacial score (nSPS) is 29.5. The molecular weight excluding hydrogens is 214 g/mol. The Morgan fingerprint density at radius 2 is 2.41 bits per heavy atom. The molecule has 0 amide bonds. The van der Waals surface area contributed by atoms with Gasteiger partial charge in [-0.15, -0.1) is 0 Å². The van der Waals surface area contributed by atoms with Gasteiger partial charge in [0, 0.05) is 13.0 Å². The zero-order valence-electron chi connectivity index (χ0n) is 10.9. The number of rotatable bonds is 4. The molecule has 1 fully saturated rings. The molecule has 1 aliphatic rings. The Morgan fingerprint density at radius 3 is 3.12 bits per heavy atom. The van der Waals surface area contributed by atoms with Gasteiger partial charge in [-0.05, 0) is 25.2 Å². The monoisotopic (exact) mass is 237 g/mol. The van der Waals surface area contributed by atoms with Crippen molar-refractivity contribution in [2.75, 3.05) is 0 Å². The van der Waals surface area contributed by atoms with Crippen molar-refractivity contribution in [3.63, 3.8) is 0 Å². The van der Waals surface area contributed by atoms with E-state index >= 15 is 0 Å². The molecule has 17 heavy (non-hydrogen) atoms. The van der Waals surface area contributed by atoms with Crippen molar-refractivity contribution in [1.29, 1.82) is 0 Å². The van der Waals surface area contributed by atoms with Gasteiger partial charge >= 0.3 is 0 Å². The second-order valence-electron chi connectivity index (χ2n) is 5.50. The van der Waals surface area contributed by atoms with E-state index in [9.17, 15) is 5.11 Å². The SMILES string of the molecule is CCCn1ncnc1CC1(O)CCCC(C)C1. The van der Waals surface area contributed by atoms with E-state index in [1.807, 2.05) is 4.68 Å². The van der Waals surface area contributed by atoms with Crippen LogP contribution in [-0.4, -0.2) is 25.5 Å². The number of aromatic nitrogens is 3. The molecule has 0 bridgehead atoms. The lowest BCUT2D eigenvalue weighted by molar-refractivity contribution is -0.0147. The molecule has 4 nitrogen and oxygen atoms in total. The summed E-state index contributed by atoms with van der Waals surface area (Å²) in [5.41, 5.74) is -0.559. The number of hydrogen-bond acceptors (Lipinski definition) is 3. The predicted molar refractivity (Wildman–Crippen MR) is 66.6 cm³/mol. The van der Waals surface area contributed by atoms with Gasteiger partial charge in [0.1, 0.15) is 12.2 Å². The van der Waals surface area contributed by atoms with Gasteiger partial charge in [0.05, 0.1) is 5.60 Å². The van der Waals surface area contributed by atoms with Crippen LogP contribution < -0.4 is 0 Å². The number of aryl methyl sites for hydroxylation is 1. The number of hydrogen-bond donors (Lipinski definition) is 1. The summed E-state index contributed by atoms with van der Waals surface area (Å²) in [7, 11) is 0. The minimum atomic E-state index is -0.559. The Balaban J connectivity index is 2.05. The van der Waals surface area contributed by atoms with Gasteiger partial charge < -0.3 is 5.11 Å². The largest absolute Gasteiger partial charge is 0.389 e. The van der Waals surface area contributed by atoms with Crippen molar-refractivity contribution < 1.29 is 5.11 Å². The van der Waals surface area contributed by atoms with Gasteiger partial charge in [-0.3, -0.25) is 4.68 Å². The molecule has 2 rings (SSSR count). The fourth-order valence-corrected chi connectivity index (χ4v) is 2.91. The minimum Gasteiger partial charge on any atom is -0.389 e. The summed E-state index contributed by atoms with van der Waals surface area (Å²) < 4.78 is 1.93. The van der Waals surface area contributed by atoms with Crippen molar-refractivity contribution in [2.24, 2.45) is 5.92 Å². The van der Waals surface area contributed by atoms with Gasteiger partial charge in [-0.25, -0.2) is 4.98 Å². The second-order valence-corrected chi connectivity index (χ2v) is 5.50. The van der Waals surface area contributed by atoms with Crippen LogP contribution in [0.5, 0.6) is 0 Å². The molecule has 1 N–H and O–H groups in total. The molecule has 1 aromatic heterocycles. The highest BCUT2D eigenvalue weighted by atomic mass is 16.3. The van der Waals surface area contributed by atoms with Crippen molar-refractivity contribution in [3.8, 4) is 0 Å². The molecule has 0 aliphatic heterocycles. The van der Waals surface area contributed by atoms with Crippen LogP contribution in [0.25, 0.3) is 0 Å². The average molecular weight is 237 g/mol. The first kappa shape index (κ1) is 12.6. The maximum absolute atomic E-state index is 10.6. The standard InChI is InChI=1S/C13H23N3O/c1-3-7-16-12(14-10-15-16)9-13(17)6-4-5-11(2)8-13/h10-11,17H,3-9H2,1-2H3. The molecule has 1 saturated carbocycles. The highest BCUT2D eigenvalue weighted by Crippen LogP contribution is 2.34. The lowest BCUT2D eigenvalue weighted by atomic mass is 9.77. The van der Waals surface area contributed by atoms with Gasteiger partial charge in [-0.1, -0.05) is 26.7 Å². The van der Waals surface area contributed by atoms with Crippen molar-refractivity contribution in [2.45, 2.75) is 64.5 Å². The fourth-order valence-electron chi connectivity index (χ4n) is 2.91. The smallest absolute Gasteiger partial charge is 0.138 e. The van der Waals surface area contributed by atoms with Crippen LogP contribution in [0.1, 0.15) is 51.8 Å². The third-order valence-electron chi connectivity index (χ3n) is 3.69. The predicted octanol–water partition coefficient (Wildman–Crippen LogP) is 2.17. The number of nitrogens with zero attached hydrogens (tertiary/aromatic N) is 3. The molecule has 1 heterocycles. The highest BCUT2D eigenvalue weighted by molar-refractivity contribution is 4.97. The van der Waals surface area contributed by atoms with Crippen molar-refractivity contribution in [1.82, 2.24) is 14.8 Å². The molecule has 2 unspecified atom stereocenters. The first-order valence-corrected chi connectivity index (χ1v) is 6.72. The molecule has 2 atom stereocenters. The highest BCUT2D eigenvalue weighted by Gasteiger charge is 2.34. The first-order chi connectivity index (χ1) is 8.13. The van der Waals surface area contributed by atoms with Crippen LogP contribution in [0.2, 0.25) is 0 Å². The Hall–Kier alpha value is -0.900. The summed E-state index contributed by atoms with van der Waals surface area (Å²) in [5.74, 6) is 1.56. The van der Waals surface area contributed by atoms with E-state index in [0.717, 1.165) is 38.1 Å². The molecule has 4 heteroatoms. The maximum Gasteiger partial charge on any atom is 0.138 e. The third kappa shape index (κ3) is 3.06. The summed E-state index contributed by atoms with van der Waals surface area (Å²) >= 11 is 0. The Morgan fingerprint density at radius 1 is 1.59 bits per heavy atom. The molecule has 1 aliphatic carbocycles. The van der Waals surface area contributed by atoms with E-state index in [0.29, 0.717) is 12.3 Å². The van der Waals surface area contributed by atoms with Crippen LogP contribution >= 0.6 is 0 Å². The summed E-state index contributed by atoms with van der Waals surface area (Å²) in [4.78, 5) is 4.29. The lowest BCUT2D eigenvalue weighted by Gasteiger charge is -2.35. The summed E-state index contributed by atoms with van der Waals surface area (Å²) in [6.07, 6.45) is 7.45. The maximum atomic E-state index is 10.6. The molecule has 96 valence electrons. The molecular formula is C13H23N3O. The van der Waals surface area contributed by atoms with Crippen molar-refractivity contribution >= 4 is 0 Å². The van der Waals surface area contributed by atoms with Crippen LogP contribution in [0.15, 0.2) is 6.33 Å². The Bertz CT molecular complexity index is 363. The quantitative estimate of drug-likeness (QED) is 0.873. The van der Waals surface area contributed by atoms with Gasteiger partial charge in [0.2, 0.25) is 0 Å². The molecule has 0 aromatic carbocycles. The summed E-state index contributed by atoms with van der Waals surface area (Å²) in [6, 6.07) is 0. The summed E-state index contributed by atoms with van der Waals surface area (Å²) in [6.45, 7) is 5.24. The zero-order valence-corrected chi connectivity index (χ0v) is 10.9. The third-order valence-corrected chi connectivity index (χ3v) is 3.69. The molecule has 0 spiro atoms. The fraction of sp³-hybridized carbons (Fsp3) is 0.846. The number of aliphatic hydroxyl groups is 1. The Labute approximate surface area is 103 Å². The van der Waals surface area contributed by atoms with Crippen molar-refractivity contribution in [3.05, 3.63) is 12.2 Å². The van der Waals surface area contributed by atoms with E-state index in [2.05, 4.69) is 23.9 Å². The van der Waals surface area contributed by atoms with Crippen LogP contribution in [0.4, 0.5) is 0 Å². The van der Waals surface area contributed by atoms with E-state index in [1.54, 1.807) is 6.33 Å². The van der Waals surface area contributed by atoms with E-state index in [4.69, 9.17) is 0 Å². The topological polar surface area (TPSA) is 50.9 Å². The molecule has 1 aromatic rings. The van der Waals surface area contributed by atoms with Gasteiger partial charge in [-0.2, -0.15) is 5.10 Å². The van der Waals surface area contributed by atoms with E-state index in [1.165, 1.54) is 6.42 Å². The van der Waals surface area contributed by atoms with Crippen LogP contribution in [0.3, 0.4) is 0 Å². The van der Waals surface area contributed by atoms with Crippen LogP contribution in [0, 0.1) is 5.92 Å². The summed E-state index contributed by atoms with van der Waals surface area (Å²) in [5, 5.41) is 14.8. The average Bonchev–Trinajstić information content (AvgIpc) is 2.65. The molecule has 0 radical (unpaired) electrons. The van der Waals surface area contributed by atoms with Crippen LogP contribution in [-0.2, 0) is 13.0 Å². The van der Waals surface area contributed by atoms with Gasteiger partial charge in [0.15, 0.2) is 0 Å². The second kappa shape index (κ2) is 5.17. The minimum absolute atomic E-state index is 0.559. The Kier molecular flexibility index (Phi) is 3.82. The lowest BCUT2D eigenvalue weighted by Crippen LogP contribution is -2.37. The molecule has 0 saturated heterocycles. The van der Waals surface area contributed by atoms with Gasteiger partial charge in [0.25, 0.3) is 0 Å².